The summed E-state index contributed by atoms with van der Waals surface area (Å²) in [7, 11) is 0. The fourth-order valence-electron chi connectivity index (χ4n) is 6.50. The van der Waals surface area contributed by atoms with E-state index in [4.69, 9.17) is 14.4 Å². The largest absolute Gasteiger partial charge is 0.438 e. The molecule has 0 saturated heterocycles. The van der Waals surface area contributed by atoms with Gasteiger partial charge in [0.2, 0.25) is 5.71 Å². The predicted molar refractivity (Wildman–Crippen MR) is 194 cm³/mol. The van der Waals surface area contributed by atoms with E-state index < -0.39 is 0 Å². The van der Waals surface area contributed by atoms with E-state index in [0.717, 1.165) is 55.1 Å². The van der Waals surface area contributed by atoms with Gasteiger partial charge in [-0.25, -0.2) is 4.98 Å². The van der Waals surface area contributed by atoms with Crippen LogP contribution in [0.1, 0.15) is 0 Å². The fourth-order valence-corrected chi connectivity index (χ4v) is 6.50. The summed E-state index contributed by atoms with van der Waals surface area (Å²) in [5.41, 5.74) is 11.2. The highest BCUT2D eigenvalue weighted by atomic mass is 16.3. The van der Waals surface area contributed by atoms with Crippen LogP contribution in [0.3, 0.4) is 0 Å². The minimum absolute atomic E-state index is 0.588. The molecule has 0 aliphatic carbocycles. The number of benzene rings is 7. The predicted octanol–water partition coefficient (Wildman–Crippen LogP) is 11.9. The van der Waals surface area contributed by atoms with Gasteiger partial charge in [0.15, 0.2) is 5.82 Å². The smallest absolute Gasteiger partial charge is 0.231 e. The van der Waals surface area contributed by atoms with E-state index in [1.807, 2.05) is 24.3 Å². The van der Waals surface area contributed by atoms with Crippen LogP contribution in [0.2, 0.25) is 0 Å². The summed E-state index contributed by atoms with van der Waals surface area (Å²) in [6, 6.07) is 59.4. The highest BCUT2D eigenvalue weighted by Crippen LogP contribution is 2.38. The molecule has 0 radical (unpaired) electrons. The van der Waals surface area contributed by atoms with Crippen molar-refractivity contribution in [2.45, 2.75) is 0 Å². The molecule has 7 aromatic carbocycles. The van der Waals surface area contributed by atoms with Gasteiger partial charge in [0.1, 0.15) is 5.58 Å². The van der Waals surface area contributed by atoms with Gasteiger partial charge in [-0.3, -0.25) is 0 Å². The van der Waals surface area contributed by atoms with E-state index in [-0.39, 0.29) is 0 Å². The van der Waals surface area contributed by atoms with Gasteiger partial charge in [-0.2, -0.15) is 4.98 Å². The summed E-state index contributed by atoms with van der Waals surface area (Å²) in [5, 5.41) is 4.25. The molecule has 0 fully saturated rings. The van der Waals surface area contributed by atoms with Crippen LogP contribution in [-0.4, -0.2) is 9.97 Å². The molecule has 0 amide bonds. The minimum atomic E-state index is 0.588. The van der Waals surface area contributed by atoms with Crippen molar-refractivity contribution in [2.75, 3.05) is 0 Å². The normalized spacial score (nSPS) is 11.4. The van der Waals surface area contributed by atoms with E-state index in [9.17, 15) is 0 Å². The van der Waals surface area contributed by atoms with Crippen molar-refractivity contribution in [3.8, 4) is 56.0 Å². The molecule has 0 aliphatic heterocycles. The maximum absolute atomic E-state index is 6.45. The first-order chi connectivity index (χ1) is 23.3. The lowest BCUT2D eigenvalue weighted by molar-refractivity contribution is 0.654. The third-order valence-electron chi connectivity index (χ3n) is 8.89. The molecular formula is C44H28N2O. The lowest BCUT2D eigenvalue weighted by Crippen LogP contribution is -1.94. The first-order valence-electron chi connectivity index (χ1n) is 15.8. The SMILES string of the molecule is c1ccc(-c2ccc(-c3cccc(-c4cccc(-c5nc(-c6ccccc6)c6c(n5)oc5cc7ccccc7cc56)c4)c3)cc2)cc1. The maximum atomic E-state index is 6.45. The summed E-state index contributed by atoms with van der Waals surface area (Å²) in [6.45, 7) is 0. The Bertz CT molecular complexity index is 2550. The van der Waals surface area contributed by atoms with Crippen molar-refractivity contribution >= 4 is 32.8 Å². The van der Waals surface area contributed by atoms with Gasteiger partial charge in [-0.1, -0.05) is 146 Å². The zero-order valence-electron chi connectivity index (χ0n) is 25.5. The Hall–Kier alpha value is -6.32. The third-order valence-corrected chi connectivity index (χ3v) is 8.89. The van der Waals surface area contributed by atoms with E-state index in [2.05, 4.69) is 146 Å². The van der Waals surface area contributed by atoms with Crippen molar-refractivity contribution < 1.29 is 4.42 Å². The van der Waals surface area contributed by atoms with Crippen LogP contribution < -0.4 is 0 Å². The third kappa shape index (κ3) is 4.95. The van der Waals surface area contributed by atoms with E-state index in [0.29, 0.717) is 11.5 Å². The lowest BCUT2D eigenvalue weighted by atomic mass is 9.96. The summed E-state index contributed by atoms with van der Waals surface area (Å²) < 4.78 is 6.45. The van der Waals surface area contributed by atoms with Crippen LogP contribution in [0.25, 0.3) is 88.9 Å². The second kappa shape index (κ2) is 11.2. The van der Waals surface area contributed by atoms with Gasteiger partial charge in [-0.05, 0) is 68.4 Å². The van der Waals surface area contributed by atoms with Crippen molar-refractivity contribution in [1.82, 2.24) is 9.97 Å². The molecule has 2 heterocycles. The fraction of sp³-hybridized carbons (Fsp3) is 0. The molecule has 9 aromatic rings. The molecule has 0 N–H and O–H groups in total. The number of hydrogen-bond acceptors (Lipinski definition) is 3. The van der Waals surface area contributed by atoms with Crippen LogP contribution in [0.15, 0.2) is 174 Å². The van der Waals surface area contributed by atoms with Crippen LogP contribution in [0.4, 0.5) is 0 Å². The number of rotatable bonds is 5. The monoisotopic (exact) mass is 600 g/mol. The van der Waals surface area contributed by atoms with Crippen LogP contribution >= 0.6 is 0 Å². The highest BCUT2D eigenvalue weighted by Gasteiger charge is 2.19. The second-order valence-corrected chi connectivity index (χ2v) is 11.8. The van der Waals surface area contributed by atoms with Gasteiger partial charge in [0.25, 0.3) is 0 Å². The second-order valence-electron chi connectivity index (χ2n) is 11.8. The van der Waals surface area contributed by atoms with Crippen molar-refractivity contribution in [2.24, 2.45) is 0 Å². The molecule has 9 rings (SSSR count). The number of nitrogens with zero attached hydrogens (tertiary/aromatic N) is 2. The van der Waals surface area contributed by atoms with Crippen molar-refractivity contribution in [3.63, 3.8) is 0 Å². The van der Waals surface area contributed by atoms with Gasteiger partial charge in [0.05, 0.1) is 11.1 Å². The zero-order valence-corrected chi connectivity index (χ0v) is 25.5. The summed E-state index contributed by atoms with van der Waals surface area (Å²) >= 11 is 0. The molecule has 2 aromatic heterocycles. The molecule has 0 atom stereocenters. The Balaban J connectivity index is 1.13. The van der Waals surface area contributed by atoms with Crippen LogP contribution in [0.5, 0.6) is 0 Å². The quantitative estimate of drug-likeness (QED) is 0.197. The van der Waals surface area contributed by atoms with E-state index >= 15 is 0 Å². The highest BCUT2D eigenvalue weighted by molar-refractivity contribution is 6.14. The molecule has 220 valence electrons. The van der Waals surface area contributed by atoms with Gasteiger partial charge >= 0.3 is 0 Å². The zero-order chi connectivity index (χ0) is 31.2. The van der Waals surface area contributed by atoms with Gasteiger partial charge < -0.3 is 4.42 Å². The van der Waals surface area contributed by atoms with Gasteiger partial charge in [0, 0.05) is 16.5 Å². The molecule has 0 spiro atoms. The Morgan fingerprint density at radius 2 is 0.851 bits per heavy atom. The topological polar surface area (TPSA) is 38.9 Å². The Kier molecular flexibility index (Phi) is 6.46. The number of aromatic nitrogens is 2. The molecule has 0 saturated carbocycles. The maximum Gasteiger partial charge on any atom is 0.231 e. The first kappa shape index (κ1) is 27.0. The molecule has 0 aliphatic rings. The van der Waals surface area contributed by atoms with Crippen molar-refractivity contribution in [3.05, 3.63) is 170 Å². The molecular weight excluding hydrogens is 572 g/mol. The molecule has 0 bridgehead atoms. The van der Waals surface area contributed by atoms with Crippen molar-refractivity contribution in [1.29, 1.82) is 0 Å². The van der Waals surface area contributed by atoms with E-state index in [1.54, 1.807) is 0 Å². The Labute approximate surface area is 272 Å². The number of fused-ring (bicyclic) bond motifs is 4. The number of hydrogen-bond donors (Lipinski definition) is 0. The number of furan rings is 1. The molecule has 3 heteroatoms. The molecule has 3 nitrogen and oxygen atoms in total. The Morgan fingerprint density at radius 1 is 0.362 bits per heavy atom. The van der Waals surface area contributed by atoms with Crippen LogP contribution in [0, 0.1) is 0 Å². The summed E-state index contributed by atoms with van der Waals surface area (Å²) in [4.78, 5) is 10.2. The van der Waals surface area contributed by atoms with E-state index in [1.165, 1.54) is 22.3 Å². The Morgan fingerprint density at radius 3 is 1.53 bits per heavy atom. The van der Waals surface area contributed by atoms with Gasteiger partial charge in [-0.15, -0.1) is 0 Å². The first-order valence-corrected chi connectivity index (χ1v) is 15.8. The lowest BCUT2D eigenvalue weighted by Gasteiger charge is -2.10. The standard InChI is InChI=1S/C44H28N2O/c1-3-11-29(12-4-1)30-21-23-31(24-22-30)33-17-9-18-34(25-33)35-19-10-20-38(26-35)43-45-42(32-13-5-2-6-14-32)41-39-27-36-15-7-8-16-37(36)28-40(39)47-44(41)46-43/h1-28H. The minimum Gasteiger partial charge on any atom is -0.438 e. The average Bonchev–Trinajstić information content (AvgIpc) is 3.51. The molecule has 0 unspecified atom stereocenters. The molecule has 47 heavy (non-hydrogen) atoms. The van der Waals surface area contributed by atoms with Crippen LogP contribution in [-0.2, 0) is 0 Å². The average molecular weight is 601 g/mol. The summed E-state index contributed by atoms with van der Waals surface area (Å²) in [5.74, 6) is 0.634. The summed E-state index contributed by atoms with van der Waals surface area (Å²) in [6.07, 6.45) is 0.